The van der Waals surface area contributed by atoms with E-state index in [1.54, 1.807) is 6.92 Å². The van der Waals surface area contributed by atoms with Crippen LogP contribution in [0.25, 0.3) is 0 Å². The SMILES string of the molecule is C/C(=C\CCP(=O)([O-])CP(=O)([O-])[O-])CO.[Na+].[Na+].[Na+]. The topological polar surface area (TPSA) is 124 Å². The summed E-state index contributed by atoms with van der Waals surface area (Å²) in [5.41, 5.74) is 0.599. The van der Waals surface area contributed by atoms with Crippen molar-refractivity contribution in [1.29, 1.82) is 0 Å². The van der Waals surface area contributed by atoms with E-state index < -0.39 is 20.9 Å². The normalized spacial score (nSPS) is 14.6. The average Bonchev–Trinajstić information content (AvgIpc) is 1.98. The van der Waals surface area contributed by atoms with Gasteiger partial charge in [0.25, 0.3) is 0 Å². The van der Waals surface area contributed by atoms with Gasteiger partial charge < -0.3 is 28.9 Å². The first-order valence-corrected chi connectivity index (χ1v) is 7.95. The molecular formula is C7H13Na3O6P2. The van der Waals surface area contributed by atoms with Crippen molar-refractivity contribution in [2.45, 2.75) is 13.3 Å². The van der Waals surface area contributed by atoms with Crippen LogP contribution in [0.2, 0.25) is 0 Å². The molecule has 6 nitrogen and oxygen atoms in total. The number of aliphatic hydroxyl groups is 1. The van der Waals surface area contributed by atoms with Crippen molar-refractivity contribution in [2.24, 2.45) is 0 Å². The number of allylic oxidation sites excluding steroid dienone is 1. The Hall–Kier alpha value is 3.04. The third-order valence-corrected chi connectivity index (χ3v) is 5.65. The number of aliphatic hydroxyl groups excluding tert-OH is 1. The molecule has 0 aromatic rings. The molecule has 1 N–H and O–H groups in total. The molecule has 0 amide bonds. The first kappa shape index (κ1) is 29.1. The van der Waals surface area contributed by atoms with Crippen LogP contribution in [-0.2, 0) is 9.13 Å². The molecule has 1 unspecified atom stereocenters. The van der Waals surface area contributed by atoms with Crippen molar-refractivity contribution >= 4 is 15.0 Å². The summed E-state index contributed by atoms with van der Waals surface area (Å²) in [4.78, 5) is 31.6. The Balaban J connectivity index is -0.000000327. The van der Waals surface area contributed by atoms with Crippen molar-refractivity contribution in [2.75, 3.05) is 18.7 Å². The van der Waals surface area contributed by atoms with Crippen LogP contribution in [0.1, 0.15) is 13.3 Å². The molecule has 0 bridgehead atoms. The van der Waals surface area contributed by atoms with Gasteiger partial charge in [-0.25, -0.2) is 0 Å². The van der Waals surface area contributed by atoms with Crippen LogP contribution in [-0.4, -0.2) is 23.8 Å². The summed E-state index contributed by atoms with van der Waals surface area (Å²) in [6, 6.07) is 0. The van der Waals surface area contributed by atoms with E-state index in [9.17, 15) is 23.8 Å². The van der Waals surface area contributed by atoms with Crippen LogP contribution in [0.5, 0.6) is 0 Å². The maximum Gasteiger partial charge on any atom is 1.00 e. The van der Waals surface area contributed by atoms with Gasteiger partial charge in [-0.2, -0.15) is 0 Å². The Bertz CT molecular complexity index is 329. The Labute approximate surface area is 173 Å². The molecule has 0 spiro atoms. The molecule has 0 aliphatic carbocycles. The van der Waals surface area contributed by atoms with Gasteiger partial charge in [0.15, 0.2) is 0 Å². The van der Waals surface area contributed by atoms with E-state index in [4.69, 9.17) is 5.11 Å². The van der Waals surface area contributed by atoms with E-state index in [0.29, 0.717) is 5.57 Å². The summed E-state index contributed by atoms with van der Waals surface area (Å²) >= 11 is 0. The van der Waals surface area contributed by atoms with Gasteiger partial charge in [-0.05, 0) is 19.5 Å². The monoisotopic (exact) mass is 324 g/mol. The van der Waals surface area contributed by atoms with Gasteiger partial charge >= 0.3 is 88.7 Å². The van der Waals surface area contributed by atoms with E-state index in [1.807, 2.05) is 0 Å². The molecule has 0 rings (SSSR count). The zero-order valence-electron chi connectivity index (χ0n) is 11.3. The fraction of sp³-hybridized carbons (Fsp3) is 0.714. The van der Waals surface area contributed by atoms with Gasteiger partial charge in [0, 0.05) is 13.3 Å². The molecule has 0 radical (unpaired) electrons. The molecule has 1 atom stereocenters. The molecule has 11 heteroatoms. The minimum absolute atomic E-state index is 0. The second kappa shape index (κ2) is 13.7. The van der Waals surface area contributed by atoms with Crippen LogP contribution in [0.4, 0.5) is 0 Å². The van der Waals surface area contributed by atoms with Crippen LogP contribution in [0.15, 0.2) is 11.6 Å². The fourth-order valence-corrected chi connectivity index (χ4v) is 4.11. The molecule has 18 heavy (non-hydrogen) atoms. The fourth-order valence-electron chi connectivity index (χ4n) is 0.907. The molecular weight excluding hydrogens is 311 g/mol. The maximum atomic E-state index is 11.1. The van der Waals surface area contributed by atoms with E-state index in [0.717, 1.165) is 0 Å². The maximum absolute atomic E-state index is 11.1. The predicted molar refractivity (Wildman–Crippen MR) is 50.4 cm³/mol. The number of hydrogen-bond donors (Lipinski definition) is 1. The van der Waals surface area contributed by atoms with Crippen LogP contribution in [0.3, 0.4) is 0 Å². The van der Waals surface area contributed by atoms with Gasteiger partial charge in [0.05, 0.1) is 6.61 Å². The zero-order chi connectivity index (χ0) is 12.1. The standard InChI is InChI=1S/C7H16O6P2.3Na/c1-7(5-8)3-2-4-14(9,10)6-15(11,12)13;;;/h3,8H,2,4-6H2,1H3,(H,9,10)(H2,11,12,13);;;/q;3*+1/p-3/b7-3+;;;. The molecule has 0 aliphatic heterocycles. The van der Waals surface area contributed by atoms with E-state index in [-0.39, 0.29) is 108 Å². The van der Waals surface area contributed by atoms with E-state index >= 15 is 0 Å². The third kappa shape index (κ3) is 19.0. The smallest absolute Gasteiger partial charge is 0.810 e. The average molecular weight is 324 g/mol. The summed E-state index contributed by atoms with van der Waals surface area (Å²) in [6.07, 6.45) is 1.22. The molecule has 0 saturated carbocycles. The summed E-state index contributed by atoms with van der Waals surface area (Å²) < 4.78 is 21.3. The van der Waals surface area contributed by atoms with Crippen molar-refractivity contribution in [1.82, 2.24) is 0 Å². The van der Waals surface area contributed by atoms with E-state index in [1.165, 1.54) is 6.08 Å². The van der Waals surface area contributed by atoms with Crippen molar-refractivity contribution in [3.63, 3.8) is 0 Å². The Morgan fingerprint density at radius 1 is 1.17 bits per heavy atom. The molecule has 90 valence electrons. The van der Waals surface area contributed by atoms with Gasteiger partial charge in [0.1, 0.15) is 0 Å². The minimum Gasteiger partial charge on any atom is -0.810 e. The first-order chi connectivity index (χ1) is 6.66. The Kier molecular flexibility index (Phi) is 22.1. The molecule has 0 heterocycles. The largest absolute Gasteiger partial charge is 1.00 e. The Morgan fingerprint density at radius 3 is 1.94 bits per heavy atom. The van der Waals surface area contributed by atoms with Gasteiger partial charge in [-0.15, -0.1) is 0 Å². The van der Waals surface area contributed by atoms with Crippen molar-refractivity contribution < 1.29 is 118 Å². The molecule has 0 aromatic heterocycles. The second-order valence-corrected chi connectivity index (χ2v) is 7.72. The Morgan fingerprint density at radius 2 is 1.61 bits per heavy atom. The molecule has 0 fully saturated rings. The molecule has 0 saturated heterocycles. The summed E-state index contributed by atoms with van der Waals surface area (Å²) in [7, 11) is -9.15. The minimum atomic E-state index is -5.00. The predicted octanol–water partition coefficient (Wildman–Crippen LogP) is -10.2. The van der Waals surface area contributed by atoms with Gasteiger partial charge in [-0.1, -0.05) is 19.2 Å². The van der Waals surface area contributed by atoms with Gasteiger partial charge in [0.2, 0.25) is 0 Å². The third-order valence-electron chi connectivity index (χ3n) is 1.60. The first-order valence-electron chi connectivity index (χ1n) is 4.23. The number of rotatable bonds is 6. The second-order valence-electron chi connectivity index (χ2n) is 3.29. The molecule has 0 aromatic carbocycles. The van der Waals surface area contributed by atoms with Crippen LogP contribution in [0, 0.1) is 0 Å². The summed E-state index contributed by atoms with van der Waals surface area (Å²) in [5.74, 6) is -1.31. The summed E-state index contributed by atoms with van der Waals surface area (Å²) in [6.45, 7) is 1.44. The molecule has 0 aliphatic rings. The quantitative estimate of drug-likeness (QED) is 0.294. The summed E-state index contributed by atoms with van der Waals surface area (Å²) in [5, 5.41) is 8.59. The van der Waals surface area contributed by atoms with Crippen molar-refractivity contribution in [3.05, 3.63) is 11.6 Å². The van der Waals surface area contributed by atoms with Gasteiger partial charge in [-0.3, -0.25) is 0 Å². The van der Waals surface area contributed by atoms with Crippen LogP contribution < -0.4 is 103 Å². The van der Waals surface area contributed by atoms with Crippen molar-refractivity contribution in [3.8, 4) is 0 Å². The van der Waals surface area contributed by atoms with Crippen LogP contribution >= 0.6 is 15.0 Å². The van der Waals surface area contributed by atoms with E-state index in [2.05, 4.69) is 0 Å². The number of hydrogen-bond acceptors (Lipinski definition) is 6. The zero-order valence-corrected chi connectivity index (χ0v) is 19.1.